The number of alkyl halides is 3. The highest BCUT2D eigenvalue weighted by Gasteiger charge is 2.47. The number of aryl methyl sites for hydroxylation is 1. The van der Waals surface area contributed by atoms with E-state index in [1.54, 1.807) is 18.3 Å². The third-order valence-corrected chi connectivity index (χ3v) is 15.8. The van der Waals surface area contributed by atoms with Gasteiger partial charge in [-0.3, -0.25) is 9.59 Å². The Morgan fingerprint density at radius 3 is 2.31 bits per heavy atom. The number of aromatic nitrogens is 1. The van der Waals surface area contributed by atoms with Crippen molar-refractivity contribution in [1.29, 1.82) is 0 Å². The van der Waals surface area contributed by atoms with Gasteiger partial charge in [0.2, 0.25) is 3.79 Å². The summed E-state index contributed by atoms with van der Waals surface area (Å²) < 4.78 is 22.3. The zero-order valence-electron chi connectivity index (χ0n) is 32.0. The molecule has 2 rings (SSSR count). The van der Waals surface area contributed by atoms with E-state index in [0.717, 1.165) is 47.2 Å². The van der Waals surface area contributed by atoms with Crippen LogP contribution in [-0.4, -0.2) is 59.9 Å². The quantitative estimate of drug-likeness (QED) is 0.105. The number of hydrogen-bond donors (Lipinski definition) is 0. The topological polar surface area (TPSA) is 101 Å². The van der Waals surface area contributed by atoms with Gasteiger partial charge in [-0.2, -0.15) is 0 Å². The van der Waals surface area contributed by atoms with Crippen LogP contribution in [0.15, 0.2) is 34.8 Å². The highest BCUT2D eigenvalue weighted by atomic mass is 35.6. The van der Waals surface area contributed by atoms with Crippen molar-refractivity contribution in [3.05, 3.63) is 45.5 Å². The molecule has 0 aliphatic carbocycles. The van der Waals surface area contributed by atoms with Gasteiger partial charge < -0.3 is 18.6 Å². The minimum atomic E-state index is -2.33. The first-order valence-corrected chi connectivity index (χ1v) is 22.5. The van der Waals surface area contributed by atoms with E-state index in [-0.39, 0.29) is 18.1 Å². The van der Waals surface area contributed by atoms with Crippen LogP contribution in [0.5, 0.6) is 0 Å². The first-order valence-electron chi connectivity index (χ1n) is 18.0. The summed E-state index contributed by atoms with van der Waals surface area (Å²) in [6.45, 7) is 19.1. The minimum absolute atomic E-state index is 0.113. The molecule has 0 spiro atoms. The number of thiazole rings is 1. The Bertz CT molecular complexity index is 1390. The van der Waals surface area contributed by atoms with Crippen molar-refractivity contribution in [3.63, 3.8) is 0 Å². The molecule has 2 heterocycles. The second-order valence-corrected chi connectivity index (χ2v) is 22.6. The second kappa shape index (κ2) is 20.7. The smallest absolute Gasteiger partial charge is 0.457 e. The van der Waals surface area contributed by atoms with Gasteiger partial charge in [0, 0.05) is 17.2 Å². The molecular weight excluding hydrogens is 749 g/mol. The van der Waals surface area contributed by atoms with Gasteiger partial charge in [0.25, 0.3) is 0 Å². The van der Waals surface area contributed by atoms with E-state index >= 15 is 0 Å². The van der Waals surface area contributed by atoms with E-state index < -0.39 is 60.5 Å². The maximum Gasteiger partial charge on any atom is 0.508 e. The molecule has 51 heavy (non-hydrogen) atoms. The standard InChI is InChI=1S/C38H58Cl3NO7SSi/c1-11-51(12-2,13-3)49-32-22-33(43)47-31(27(6)21-30-23-50-29(8)42-30)20-19-25(4)17-15-14-16-18-26(5)34(28(7)35(44)37(32,9)10)48-36(45)46-24-38(39,40)41/h14,16,19,21,23,26,28,31-32,34H,11-13,15,17-18,20,22,24H2,1-10H3/b16-14+,25-19-,27-21+/t26-,28+,31-,32-,34-/m0/s1. The lowest BCUT2D eigenvalue weighted by atomic mass is 9.73. The van der Waals surface area contributed by atoms with Crippen molar-refractivity contribution in [2.75, 3.05) is 6.61 Å². The first-order chi connectivity index (χ1) is 23.8. The van der Waals surface area contributed by atoms with Gasteiger partial charge in [-0.15, -0.1) is 11.3 Å². The van der Waals surface area contributed by atoms with Crippen molar-refractivity contribution in [3.8, 4) is 0 Å². The molecule has 0 saturated carbocycles. The molecule has 0 unspecified atom stereocenters. The Morgan fingerprint density at radius 1 is 1.10 bits per heavy atom. The monoisotopic (exact) mass is 805 g/mol. The molecular formula is C38H58Cl3NO7SSi. The fourth-order valence-electron chi connectivity index (χ4n) is 6.38. The largest absolute Gasteiger partial charge is 0.508 e. The van der Waals surface area contributed by atoms with E-state index in [1.807, 2.05) is 46.1 Å². The van der Waals surface area contributed by atoms with Crippen molar-refractivity contribution in [1.82, 2.24) is 4.98 Å². The normalized spacial score (nSPS) is 26.6. The maximum absolute atomic E-state index is 14.6. The van der Waals surface area contributed by atoms with Crippen molar-refractivity contribution in [2.45, 2.75) is 142 Å². The van der Waals surface area contributed by atoms with Gasteiger partial charge in [0.15, 0.2) is 8.32 Å². The Labute approximate surface area is 325 Å². The number of cyclic esters (lactones) is 1. The molecule has 13 heteroatoms. The maximum atomic E-state index is 14.6. The zero-order chi connectivity index (χ0) is 38.6. The third kappa shape index (κ3) is 14.6. The minimum Gasteiger partial charge on any atom is -0.457 e. The molecule has 0 saturated heterocycles. The van der Waals surface area contributed by atoms with Crippen LogP contribution < -0.4 is 0 Å². The number of allylic oxidation sites excluding steroid dienone is 3. The third-order valence-electron chi connectivity index (χ3n) is 10.0. The predicted molar refractivity (Wildman–Crippen MR) is 212 cm³/mol. The summed E-state index contributed by atoms with van der Waals surface area (Å²) in [5, 5.41) is 2.94. The molecule has 1 aliphatic rings. The van der Waals surface area contributed by atoms with Crippen molar-refractivity contribution < 1.29 is 33.0 Å². The van der Waals surface area contributed by atoms with Crippen LogP contribution in [0.3, 0.4) is 0 Å². The number of ketones is 1. The number of carbonyl (C=O) groups excluding carboxylic acids is 3. The highest BCUT2D eigenvalue weighted by molar-refractivity contribution is 7.09. The summed E-state index contributed by atoms with van der Waals surface area (Å²) in [5.41, 5.74) is 1.72. The molecule has 0 N–H and O–H groups in total. The van der Waals surface area contributed by atoms with Crippen LogP contribution in [0.1, 0.15) is 105 Å². The molecule has 1 aromatic heterocycles. The van der Waals surface area contributed by atoms with E-state index in [4.69, 9.17) is 53.4 Å². The molecule has 5 atom stereocenters. The zero-order valence-corrected chi connectivity index (χ0v) is 36.1. The number of esters is 1. The fraction of sp³-hybridized carbons (Fsp3) is 0.684. The number of halogens is 3. The fourth-order valence-corrected chi connectivity index (χ4v) is 10.1. The molecule has 1 aromatic rings. The number of carbonyl (C=O) groups is 3. The Kier molecular flexibility index (Phi) is 18.4. The summed E-state index contributed by atoms with van der Waals surface area (Å²) in [6.07, 6.45) is 7.60. The number of Topliss-reactive ketones (excluding diaryl/α,β-unsaturated/α-hetero) is 1. The van der Waals surface area contributed by atoms with Crippen molar-refractivity contribution >= 4 is 78.4 Å². The van der Waals surface area contributed by atoms with Crippen molar-refractivity contribution in [2.24, 2.45) is 17.3 Å². The number of rotatable bonds is 9. The first kappa shape index (κ1) is 45.5. The van der Waals surface area contributed by atoms with E-state index in [9.17, 15) is 14.4 Å². The molecule has 0 amide bonds. The van der Waals surface area contributed by atoms with E-state index in [2.05, 4.69) is 50.9 Å². The van der Waals surface area contributed by atoms with Gasteiger partial charge in [-0.05, 0) is 75.7 Å². The summed E-state index contributed by atoms with van der Waals surface area (Å²) in [5.74, 6) is -1.69. The SMILES string of the molecule is CC[Si](CC)(CC)O[C@H]1CC(=O)O[C@H](/C(C)=C/c2csc(C)n2)C/C=C(/C)CC/C=C/C[C@H](C)[C@H](OC(=O)OCC(Cl)(Cl)Cl)[C@@H](C)C(=O)C1(C)C. The Morgan fingerprint density at radius 2 is 1.75 bits per heavy atom. The van der Waals surface area contributed by atoms with Gasteiger partial charge in [-0.1, -0.05) is 107 Å². The van der Waals surface area contributed by atoms with Crippen LogP contribution in [0, 0.1) is 24.2 Å². The lowest BCUT2D eigenvalue weighted by molar-refractivity contribution is -0.153. The van der Waals surface area contributed by atoms with Crippen LogP contribution in [0.2, 0.25) is 18.1 Å². The summed E-state index contributed by atoms with van der Waals surface area (Å²) in [7, 11) is -2.33. The van der Waals surface area contributed by atoms with E-state index in [1.165, 1.54) is 5.57 Å². The number of ether oxygens (including phenoxy) is 3. The summed E-state index contributed by atoms with van der Waals surface area (Å²) >= 11 is 19.0. The van der Waals surface area contributed by atoms with Crippen LogP contribution in [-0.2, 0) is 28.2 Å². The molecule has 8 nitrogen and oxygen atoms in total. The van der Waals surface area contributed by atoms with Gasteiger partial charge >= 0.3 is 12.1 Å². The molecule has 0 aromatic carbocycles. The molecule has 0 fully saturated rings. The van der Waals surface area contributed by atoms with Gasteiger partial charge in [-0.25, -0.2) is 9.78 Å². The van der Waals surface area contributed by atoms with Crippen LogP contribution >= 0.6 is 46.1 Å². The average molecular weight is 807 g/mol. The average Bonchev–Trinajstić information content (AvgIpc) is 3.48. The number of hydrogen-bond acceptors (Lipinski definition) is 9. The molecule has 0 radical (unpaired) electrons. The van der Waals surface area contributed by atoms with Gasteiger partial charge in [0.1, 0.15) is 24.6 Å². The Balaban J connectivity index is 2.61. The summed E-state index contributed by atoms with van der Waals surface area (Å²) in [4.78, 5) is 46.1. The molecule has 1 aliphatic heterocycles. The van der Waals surface area contributed by atoms with Crippen LogP contribution in [0.4, 0.5) is 4.79 Å². The van der Waals surface area contributed by atoms with Gasteiger partial charge in [0.05, 0.1) is 29.1 Å². The predicted octanol–water partition coefficient (Wildman–Crippen LogP) is 11.4. The highest BCUT2D eigenvalue weighted by Crippen LogP contribution is 2.38. The van der Waals surface area contributed by atoms with E-state index in [0.29, 0.717) is 12.8 Å². The Hall–Kier alpha value is -1.69. The second-order valence-electron chi connectivity index (χ2n) is 14.3. The lowest BCUT2D eigenvalue weighted by Gasteiger charge is -2.42. The lowest BCUT2D eigenvalue weighted by Crippen LogP contribution is -2.52. The summed E-state index contributed by atoms with van der Waals surface area (Å²) in [6, 6.07) is 2.49. The van der Waals surface area contributed by atoms with Crippen LogP contribution in [0.25, 0.3) is 6.08 Å². The molecule has 288 valence electrons. The number of nitrogens with zero attached hydrogens (tertiary/aromatic N) is 1. The molecule has 0 bridgehead atoms.